The molecular formula is C65H115N11O14. The molecule has 0 aromatic carbocycles. The van der Waals surface area contributed by atoms with Crippen LogP contribution in [0.15, 0.2) is 11.6 Å². The van der Waals surface area contributed by atoms with Crippen LogP contribution in [0.25, 0.3) is 0 Å². The first-order chi connectivity index (χ1) is 41.5. The van der Waals surface area contributed by atoms with Crippen molar-refractivity contribution in [2.24, 2.45) is 35.5 Å². The van der Waals surface area contributed by atoms with E-state index in [0.717, 1.165) is 9.80 Å². The first kappa shape index (κ1) is 81.4. The van der Waals surface area contributed by atoms with Gasteiger partial charge in [-0.3, -0.25) is 57.5 Å². The van der Waals surface area contributed by atoms with E-state index in [-0.39, 0.29) is 80.3 Å². The number of hydrogen-bond acceptors (Lipinski definition) is 14. The Morgan fingerprint density at radius 3 is 1.38 bits per heavy atom. The second-order valence-electron chi connectivity index (χ2n) is 27.3. The van der Waals surface area contributed by atoms with E-state index in [1.165, 1.54) is 101 Å². The lowest BCUT2D eigenvalue weighted by molar-refractivity contribution is -0.156. The SMILES string of the molecule is CC[C@@H]1NC(=O)[C@H]([C@H](O)/C(C)=C\CCC(=O)OC(C)C)N(C)C(=O)[C@H](C(C)C)N(C)C(=O)[C@H](CC(C)C)N(C)C(=O)[C@H](CC(C)C)N(C)C(=O)[C@@H](C)NC(=O)[C@H](C)NC(=O)[C@H](CC(C)C)N(C)C(=O)[C@H](C(C)C)NC(=O)[C@H](CC(C)C)N(C)C(=O)CN(C)C1=O. The summed E-state index contributed by atoms with van der Waals surface area (Å²) < 4.78 is 5.27. The maximum absolute atomic E-state index is 15.3. The highest BCUT2D eigenvalue weighted by Gasteiger charge is 2.45. The van der Waals surface area contributed by atoms with Crippen molar-refractivity contribution in [3.05, 3.63) is 11.6 Å². The molecule has 1 aliphatic heterocycles. The fourth-order valence-corrected chi connectivity index (χ4v) is 11.0. The predicted octanol–water partition coefficient (Wildman–Crippen LogP) is 3.34. The van der Waals surface area contributed by atoms with Crippen molar-refractivity contribution in [3.8, 4) is 0 Å². The molecule has 0 radical (unpaired) electrons. The number of aliphatic hydroxyl groups excluding tert-OH is 1. The van der Waals surface area contributed by atoms with Crippen molar-refractivity contribution in [2.75, 3.05) is 55.9 Å². The Labute approximate surface area is 537 Å². The first-order valence-corrected chi connectivity index (χ1v) is 32.1. The average Bonchev–Trinajstić information content (AvgIpc) is 0.848. The number of hydrogen-bond donors (Lipinski definition) is 5. The fourth-order valence-electron chi connectivity index (χ4n) is 11.0. The van der Waals surface area contributed by atoms with Crippen LogP contribution in [0.2, 0.25) is 0 Å². The van der Waals surface area contributed by atoms with Crippen LogP contribution in [0, 0.1) is 35.5 Å². The first-order valence-electron chi connectivity index (χ1n) is 32.1. The second-order valence-corrected chi connectivity index (χ2v) is 27.3. The van der Waals surface area contributed by atoms with E-state index in [4.69, 9.17) is 4.74 Å². The number of carbonyl (C=O) groups excluding carboxylic acids is 12. The highest BCUT2D eigenvalue weighted by molar-refractivity contribution is 5.99. The highest BCUT2D eigenvalue weighted by atomic mass is 16.5. The summed E-state index contributed by atoms with van der Waals surface area (Å²) in [5.41, 5.74) is 0.183. The number of likely N-dealkylation sites (N-methyl/N-ethyl adjacent to an activating group) is 7. The van der Waals surface area contributed by atoms with Crippen LogP contribution >= 0.6 is 0 Å². The molecule has 1 rings (SSSR count). The molecule has 11 amide bonds. The molecule has 5 N–H and O–H groups in total. The summed E-state index contributed by atoms with van der Waals surface area (Å²) in [6.07, 6.45) is -0.104. The molecule has 1 heterocycles. The molecule has 514 valence electrons. The van der Waals surface area contributed by atoms with Crippen molar-refractivity contribution in [1.29, 1.82) is 0 Å². The molecule has 0 unspecified atom stereocenters. The third-order valence-electron chi connectivity index (χ3n) is 16.4. The lowest BCUT2D eigenvalue weighted by atomic mass is 9.94. The third kappa shape index (κ3) is 23.5. The minimum absolute atomic E-state index is 0.0340. The zero-order valence-electron chi connectivity index (χ0n) is 59.0. The molecule has 1 fully saturated rings. The Morgan fingerprint density at radius 2 is 0.922 bits per heavy atom. The van der Waals surface area contributed by atoms with Crippen LogP contribution in [0.5, 0.6) is 0 Å². The molecule has 90 heavy (non-hydrogen) atoms. The van der Waals surface area contributed by atoms with Gasteiger partial charge in [-0.2, -0.15) is 0 Å². The third-order valence-corrected chi connectivity index (χ3v) is 16.4. The quantitative estimate of drug-likeness (QED) is 0.103. The van der Waals surface area contributed by atoms with Gasteiger partial charge < -0.3 is 65.4 Å². The van der Waals surface area contributed by atoms with E-state index in [0.29, 0.717) is 0 Å². The number of rotatable bonds is 17. The molecule has 1 saturated heterocycles. The van der Waals surface area contributed by atoms with Crippen LogP contribution in [0.4, 0.5) is 0 Å². The number of nitrogens with one attached hydrogen (secondary N) is 4. The number of amides is 11. The van der Waals surface area contributed by atoms with Gasteiger partial charge in [-0.1, -0.05) is 96.1 Å². The van der Waals surface area contributed by atoms with E-state index in [9.17, 15) is 48.3 Å². The second kappa shape index (κ2) is 37.0. The Balaban J connectivity index is 4.38. The van der Waals surface area contributed by atoms with Crippen molar-refractivity contribution >= 4 is 70.9 Å². The van der Waals surface area contributed by atoms with Crippen LogP contribution in [0.1, 0.15) is 170 Å². The van der Waals surface area contributed by atoms with Gasteiger partial charge >= 0.3 is 5.97 Å². The van der Waals surface area contributed by atoms with E-state index < -0.39 is 156 Å². The zero-order chi connectivity index (χ0) is 69.8. The molecule has 0 aromatic heterocycles. The Kier molecular flexibility index (Phi) is 33.4. The van der Waals surface area contributed by atoms with Crippen LogP contribution < -0.4 is 21.3 Å². The van der Waals surface area contributed by atoms with Gasteiger partial charge in [0.25, 0.3) is 0 Å². The minimum Gasteiger partial charge on any atom is -0.463 e. The maximum Gasteiger partial charge on any atom is 0.306 e. The van der Waals surface area contributed by atoms with Gasteiger partial charge in [0.1, 0.15) is 66.5 Å². The van der Waals surface area contributed by atoms with Crippen molar-refractivity contribution < 1.29 is 67.4 Å². The normalized spacial score (nSPS) is 25.8. The lowest BCUT2D eigenvalue weighted by Crippen LogP contribution is -2.63. The van der Waals surface area contributed by atoms with Crippen LogP contribution in [-0.2, 0) is 62.3 Å². The predicted molar refractivity (Wildman–Crippen MR) is 344 cm³/mol. The average molecular weight is 1270 g/mol. The maximum atomic E-state index is 15.3. The van der Waals surface area contributed by atoms with Crippen molar-refractivity contribution in [1.82, 2.24) is 55.6 Å². The molecular weight excluding hydrogens is 1160 g/mol. The van der Waals surface area contributed by atoms with E-state index >= 15 is 14.4 Å². The highest BCUT2D eigenvalue weighted by Crippen LogP contribution is 2.25. The Morgan fingerprint density at radius 1 is 0.500 bits per heavy atom. The van der Waals surface area contributed by atoms with Gasteiger partial charge in [-0.15, -0.1) is 0 Å². The topological polar surface area (TPSA) is 305 Å². The number of nitrogens with zero attached hydrogens (tertiary/aromatic N) is 7. The number of carbonyl (C=O) groups is 12. The van der Waals surface area contributed by atoms with Gasteiger partial charge in [0, 0.05) is 55.8 Å². The Bertz CT molecular complexity index is 2520. The molecule has 11 atom stereocenters. The summed E-state index contributed by atoms with van der Waals surface area (Å²) in [5.74, 6) is -10.2. The largest absolute Gasteiger partial charge is 0.463 e. The molecule has 0 saturated carbocycles. The van der Waals surface area contributed by atoms with Gasteiger partial charge in [0.2, 0.25) is 65.0 Å². The molecule has 0 spiro atoms. The molecule has 0 aromatic rings. The summed E-state index contributed by atoms with van der Waals surface area (Å²) in [4.78, 5) is 182. The fraction of sp³-hybridized carbons (Fsp3) is 0.785. The van der Waals surface area contributed by atoms with E-state index in [1.807, 2.05) is 55.4 Å². The van der Waals surface area contributed by atoms with Gasteiger partial charge in [0.05, 0.1) is 12.6 Å². The summed E-state index contributed by atoms with van der Waals surface area (Å²) in [5, 5.41) is 23.1. The van der Waals surface area contributed by atoms with Crippen molar-refractivity contribution in [2.45, 2.75) is 242 Å². The summed E-state index contributed by atoms with van der Waals surface area (Å²) in [6.45, 7) is 30.4. The van der Waals surface area contributed by atoms with Crippen LogP contribution in [-0.4, -0.2) is 239 Å². The monoisotopic (exact) mass is 1270 g/mol. The van der Waals surface area contributed by atoms with E-state index in [1.54, 1.807) is 48.5 Å². The lowest BCUT2D eigenvalue weighted by Gasteiger charge is -2.41. The van der Waals surface area contributed by atoms with Gasteiger partial charge in [-0.25, -0.2) is 0 Å². The summed E-state index contributed by atoms with van der Waals surface area (Å²) in [7, 11) is 9.72. The molecule has 25 nitrogen and oxygen atoms in total. The number of aliphatic hydroxyl groups is 1. The smallest absolute Gasteiger partial charge is 0.306 e. The molecule has 1 aliphatic rings. The standard InChI is InChI=1S/C65H115N11O14/c1-26-45-61(85)70(19)34-50(77)71(20)46(30-35(2)3)58(82)69-52(39(10)11)64(88)72(21)47(31-36(4)5)57(81)66-43(17)56(80)67-44(18)60(84)73(22)48(32-37(6)7)62(86)74(23)49(33-38(8)9)63(87)75(24)53(40(12)13)65(89)76(25)54(59(83)68-45)55(79)42(16)28-27-29-51(78)90-41(14)15/h28,35-41,43-49,52-55,79H,26-27,29-34H2,1-25H3,(H,66,81)(H,67,80)(H,68,83)(H,69,82)/b42-28-/t43-,44+,45-,46-,47-,48-,49-,52-,53-,54-,55+/m0/s1. The molecule has 25 heteroatoms. The Hall–Kier alpha value is -6.66. The van der Waals surface area contributed by atoms with Gasteiger partial charge in [0.15, 0.2) is 0 Å². The van der Waals surface area contributed by atoms with Gasteiger partial charge in [-0.05, 0) is 114 Å². The van der Waals surface area contributed by atoms with Crippen molar-refractivity contribution in [3.63, 3.8) is 0 Å². The molecule has 0 aliphatic carbocycles. The summed E-state index contributed by atoms with van der Waals surface area (Å²) in [6, 6.07) is -12.8. The minimum atomic E-state index is -1.77. The van der Waals surface area contributed by atoms with E-state index in [2.05, 4.69) is 21.3 Å². The number of ether oxygens (including phenoxy) is 1. The zero-order valence-corrected chi connectivity index (χ0v) is 59.0. The summed E-state index contributed by atoms with van der Waals surface area (Å²) >= 11 is 0. The van der Waals surface area contributed by atoms with Crippen LogP contribution in [0.3, 0.4) is 0 Å². The number of esters is 1. The molecule has 0 bridgehead atoms. The number of allylic oxidation sites excluding steroid dienone is 1.